The smallest absolute Gasteiger partial charge is 0.257 e. The Morgan fingerprint density at radius 3 is 2.34 bits per heavy atom. The number of piperazine rings is 1. The molecule has 41 heavy (non-hydrogen) atoms. The number of Topliss-reactive ketones (excluding diaryl/α,β-unsaturated/α-hetero) is 1. The van der Waals surface area contributed by atoms with Gasteiger partial charge in [-0.2, -0.15) is 5.10 Å². The standard InChI is InChI=1S/C31H36N6O3.ClH/c1-5-6-29(38)26-18-32-37(22(26)3)24-10-8-23(9-11-24)33-31(40)27-19-36(28-12-7-21(2)17-25(27)28)20-30(39)35-15-13-34(4)14-16-35;/h7-12,17-19H,5-6,13-16,20H2,1-4H3,(H,33,40);1H. The molecule has 5 rings (SSSR count). The summed E-state index contributed by atoms with van der Waals surface area (Å²) in [5.74, 6) is -0.0896. The van der Waals surface area contributed by atoms with Crippen molar-refractivity contribution in [3.63, 3.8) is 0 Å². The van der Waals surface area contributed by atoms with Gasteiger partial charge in [-0.05, 0) is 63.7 Å². The van der Waals surface area contributed by atoms with Gasteiger partial charge in [0.15, 0.2) is 5.78 Å². The van der Waals surface area contributed by atoms with E-state index in [0.717, 1.165) is 47.4 Å². The van der Waals surface area contributed by atoms with Crippen molar-refractivity contribution in [2.24, 2.45) is 0 Å². The minimum absolute atomic E-state index is 0. The summed E-state index contributed by atoms with van der Waals surface area (Å²) in [5.41, 5.74) is 5.30. The van der Waals surface area contributed by atoms with Crippen LogP contribution in [0, 0.1) is 13.8 Å². The Bertz CT molecular complexity index is 1560. The third kappa shape index (κ3) is 6.36. The van der Waals surface area contributed by atoms with Gasteiger partial charge in [0.2, 0.25) is 5.91 Å². The number of anilines is 1. The first kappa shape index (κ1) is 30.0. The molecule has 0 atom stereocenters. The number of carbonyl (C=O) groups is 3. The number of carbonyl (C=O) groups excluding carboxylic acids is 3. The number of likely N-dealkylation sites (N-methyl/N-ethyl adjacent to an activating group) is 1. The average molecular weight is 577 g/mol. The normalized spacial score (nSPS) is 13.7. The highest BCUT2D eigenvalue weighted by Crippen LogP contribution is 2.25. The summed E-state index contributed by atoms with van der Waals surface area (Å²) in [7, 11) is 2.06. The summed E-state index contributed by atoms with van der Waals surface area (Å²) >= 11 is 0. The molecule has 10 heteroatoms. The van der Waals surface area contributed by atoms with E-state index in [1.165, 1.54) is 0 Å². The molecule has 1 aliphatic rings. The molecule has 216 valence electrons. The van der Waals surface area contributed by atoms with Crippen molar-refractivity contribution in [2.75, 3.05) is 38.5 Å². The highest BCUT2D eigenvalue weighted by molar-refractivity contribution is 6.13. The summed E-state index contributed by atoms with van der Waals surface area (Å²) in [5, 5.41) is 8.22. The summed E-state index contributed by atoms with van der Waals surface area (Å²) < 4.78 is 3.62. The molecule has 3 heterocycles. The van der Waals surface area contributed by atoms with Gasteiger partial charge >= 0.3 is 0 Å². The Kier molecular flexibility index (Phi) is 9.30. The predicted octanol–water partition coefficient (Wildman–Crippen LogP) is 4.87. The Hall–Kier alpha value is -3.95. The number of rotatable bonds is 8. The number of hydrogen-bond acceptors (Lipinski definition) is 5. The van der Waals surface area contributed by atoms with Gasteiger partial charge < -0.3 is 19.7 Å². The molecule has 0 saturated carbocycles. The summed E-state index contributed by atoms with van der Waals surface area (Å²) in [4.78, 5) is 43.0. The Morgan fingerprint density at radius 1 is 0.951 bits per heavy atom. The van der Waals surface area contributed by atoms with Crippen molar-refractivity contribution < 1.29 is 14.4 Å². The predicted molar refractivity (Wildman–Crippen MR) is 163 cm³/mol. The monoisotopic (exact) mass is 576 g/mol. The molecule has 2 amide bonds. The number of benzene rings is 2. The molecule has 1 aliphatic heterocycles. The van der Waals surface area contributed by atoms with E-state index in [-0.39, 0.29) is 36.5 Å². The number of aryl methyl sites for hydroxylation is 1. The lowest BCUT2D eigenvalue weighted by atomic mass is 10.1. The molecule has 2 aromatic heterocycles. The minimum atomic E-state index is -0.239. The van der Waals surface area contributed by atoms with Crippen molar-refractivity contribution in [3.05, 3.63) is 77.2 Å². The molecule has 1 fully saturated rings. The van der Waals surface area contributed by atoms with Crippen molar-refractivity contribution in [2.45, 2.75) is 40.2 Å². The van der Waals surface area contributed by atoms with Crippen LogP contribution in [0.5, 0.6) is 0 Å². The van der Waals surface area contributed by atoms with Gasteiger partial charge in [0.1, 0.15) is 6.54 Å². The fraction of sp³-hybridized carbons (Fsp3) is 0.355. The molecular weight excluding hydrogens is 540 g/mol. The van der Waals surface area contributed by atoms with E-state index in [9.17, 15) is 14.4 Å². The Labute approximate surface area is 246 Å². The first-order chi connectivity index (χ1) is 19.2. The van der Waals surface area contributed by atoms with Crippen molar-refractivity contribution >= 4 is 46.6 Å². The van der Waals surface area contributed by atoms with Gasteiger partial charge in [0.25, 0.3) is 5.91 Å². The van der Waals surface area contributed by atoms with Crippen LogP contribution in [0.4, 0.5) is 5.69 Å². The number of amides is 2. The van der Waals surface area contributed by atoms with Crippen LogP contribution in [0.15, 0.2) is 54.9 Å². The molecule has 4 aromatic rings. The number of hydrogen-bond donors (Lipinski definition) is 1. The van der Waals surface area contributed by atoms with E-state index in [0.29, 0.717) is 36.3 Å². The molecule has 1 N–H and O–H groups in total. The number of ketones is 1. The molecule has 0 radical (unpaired) electrons. The van der Waals surface area contributed by atoms with Gasteiger partial charge in [-0.25, -0.2) is 4.68 Å². The average Bonchev–Trinajstić information content (AvgIpc) is 3.49. The minimum Gasteiger partial charge on any atom is -0.339 e. The van der Waals surface area contributed by atoms with Crippen molar-refractivity contribution in [1.82, 2.24) is 24.1 Å². The zero-order valence-electron chi connectivity index (χ0n) is 24.0. The van der Waals surface area contributed by atoms with Gasteiger partial charge in [0.05, 0.1) is 28.7 Å². The molecule has 0 aliphatic carbocycles. The Morgan fingerprint density at radius 2 is 1.66 bits per heavy atom. The maximum absolute atomic E-state index is 13.4. The molecule has 2 aromatic carbocycles. The third-order valence-electron chi connectivity index (χ3n) is 7.60. The van der Waals surface area contributed by atoms with E-state index in [1.54, 1.807) is 17.1 Å². The molecule has 0 spiro atoms. The van der Waals surface area contributed by atoms with Crippen LogP contribution >= 0.6 is 12.4 Å². The fourth-order valence-electron chi connectivity index (χ4n) is 5.21. The van der Waals surface area contributed by atoms with E-state index in [2.05, 4.69) is 22.4 Å². The first-order valence-electron chi connectivity index (χ1n) is 13.8. The van der Waals surface area contributed by atoms with E-state index in [1.807, 2.05) is 72.7 Å². The number of nitrogens with zero attached hydrogens (tertiary/aromatic N) is 5. The molecule has 9 nitrogen and oxygen atoms in total. The summed E-state index contributed by atoms with van der Waals surface area (Å²) in [6.07, 6.45) is 4.69. The quantitative estimate of drug-likeness (QED) is 0.302. The topological polar surface area (TPSA) is 92.5 Å². The lowest BCUT2D eigenvalue weighted by molar-refractivity contribution is -0.133. The molecular formula is C31H37ClN6O3. The Balaban J connectivity index is 0.00000387. The van der Waals surface area contributed by atoms with Gasteiger partial charge in [0, 0.05) is 55.4 Å². The van der Waals surface area contributed by atoms with Crippen LogP contribution in [0.3, 0.4) is 0 Å². The lowest BCUT2D eigenvalue weighted by Gasteiger charge is -2.32. The van der Waals surface area contributed by atoms with Crippen LogP contribution in [0.2, 0.25) is 0 Å². The molecule has 0 unspecified atom stereocenters. The van der Waals surface area contributed by atoms with Gasteiger partial charge in [-0.1, -0.05) is 18.6 Å². The van der Waals surface area contributed by atoms with E-state index < -0.39 is 0 Å². The second-order valence-corrected chi connectivity index (χ2v) is 10.6. The van der Waals surface area contributed by atoms with Gasteiger partial charge in [-0.3, -0.25) is 14.4 Å². The zero-order valence-corrected chi connectivity index (χ0v) is 24.8. The van der Waals surface area contributed by atoms with Gasteiger partial charge in [-0.15, -0.1) is 12.4 Å². The zero-order chi connectivity index (χ0) is 28.4. The second-order valence-electron chi connectivity index (χ2n) is 10.6. The number of nitrogens with one attached hydrogen (secondary N) is 1. The van der Waals surface area contributed by atoms with Crippen LogP contribution < -0.4 is 5.32 Å². The first-order valence-corrected chi connectivity index (χ1v) is 13.8. The highest BCUT2D eigenvalue weighted by Gasteiger charge is 2.22. The summed E-state index contributed by atoms with van der Waals surface area (Å²) in [6, 6.07) is 13.3. The largest absolute Gasteiger partial charge is 0.339 e. The van der Waals surface area contributed by atoms with E-state index >= 15 is 0 Å². The maximum Gasteiger partial charge on any atom is 0.257 e. The maximum atomic E-state index is 13.4. The van der Waals surface area contributed by atoms with Crippen LogP contribution in [0.25, 0.3) is 16.6 Å². The van der Waals surface area contributed by atoms with Crippen molar-refractivity contribution in [1.29, 1.82) is 0 Å². The van der Waals surface area contributed by atoms with Crippen molar-refractivity contribution in [3.8, 4) is 5.69 Å². The number of fused-ring (bicyclic) bond motifs is 1. The highest BCUT2D eigenvalue weighted by atomic mass is 35.5. The third-order valence-corrected chi connectivity index (χ3v) is 7.60. The number of aromatic nitrogens is 3. The number of halogens is 1. The SMILES string of the molecule is CCCC(=O)c1cnn(-c2ccc(NC(=O)c3cn(CC(=O)N4CCN(C)CC4)c4ccc(C)cc34)cc2)c1C.Cl. The summed E-state index contributed by atoms with van der Waals surface area (Å²) in [6.45, 7) is 9.21. The second kappa shape index (κ2) is 12.7. The lowest BCUT2D eigenvalue weighted by Crippen LogP contribution is -2.48. The van der Waals surface area contributed by atoms with E-state index in [4.69, 9.17) is 0 Å². The van der Waals surface area contributed by atoms with Crippen LogP contribution in [0.1, 0.15) is 51.7 Å². The van der Waals surface area contributed by atoms with Crippen LogP contribution in [-0.4, -0.2) is 75.0 Å². The van der Waals surface area contributed by atoms with Crippen LogP contribution in [-0.2, 0) is 11.3 Å². The fourth-order valence-corrected chi connectivity index (χ4v) is 5.21. The molecule has 1 saturated heterocycles. The molecule has 0 bridgehead atoms.